The molecule has 4 rings (SSSR count). The number of nitrogens with zero attached hydrogens (tertiary/aromatic N) is 3. The molecule has 1 aromatic carbocycles. The molecule has 0 spiro atoms. The summed E-state index contributed by atoms with van der Waals surface area (Å²) in [6.07, 6.45) is 1.93. The van der Waals surface area contributed by atoms with Crippen molar-refractivity contribution < 1.29 is 23.5 Å². The molecule has 0 radical (unpaired) electrons. The molecule has 7 nitrogen and oxygen atoms in total. The predicted octanol–water partition coefficient (Wildman–Crippen LogP) is 0.664. The van der Waals surface area contributed by atoms with Crippen LogP contribution in [0.15, 0.2) is 36.9 Å². The Labute approximate surface area is 162 Å². The van der Waals surface area contributed by atoms with E-state index in [0.717, 1.165) is 0 Å². The lowest BCUT2D eigenvalue weighted by atomic mass is 10.0. The molecule has 0 aromatic heterocycles. The minimum absolute atomic E-state index is 0.0906. The number of halogens is 1. The fourth-order valence-corrected chi connectivity index (χ4v) is 4.23. The van der Waals surface area contributed by atoms with Crippen molar-refractivity contribution in [3.8, 4) is 0 Å². The first kappa shape index (κ1) is 18.6. The largest absolute Gasteiger partial charge is 0.372 e. The van der Waals surface area contributed by atoms with E-state index >= 15 is 0 Å². The van der Waals surface area contributed by atoms with Crippen LogP contribution in [0.25, 0.3) is 0 Å². The summed E-state index contributed by atoms with van der Waals surface area (Å²) in [5, 5.41) is 0. The van der Waals surface area contributed by atoms with Gasteiger partial charge in [-0.15, -0.1) is 6.58 Å². The SMILES string of the molecule is C=CCO[C@@H]1C[C@H]2C(=O)N3CCN(C(=O)c4cccc(F)c4)C[C@H]3C(=O)N2C1. The maximum atomic E-state index is 13.4. The van der Waals surface area contributed by atoms with Crippen LogP contribution in [0.4, 0.5) is 4.39 Å². The third-order valence-corrected chi connectivity index (χ3v) is 5.59. The monoisotopic (exact) mass is 387 g/mol. The highest BCUT2D eigenvalue weighted by molar-refractivity contribution is 5.99. The Hall–Kier alpha value is -2.74. The standard InChI is InChI=1S/C20H22FN3O4/c1-2-8-28-15-10-16-19(26)23-7-6-22(12-17(23)20(27)24(16)11-15)18(25)13-4-3-5-14(21)9-13/h2-5,9,15-17H,1,6-8,10-12H2/t15-,16+,17+/m1/s1. The topological polar surface area (TPSA) is 70.2 Å². The first-order chi connectivity index (χ1) is 13.5. The van der Waals surface area contributed by atoms with Gasteiger partial charge in [-0.1, -0.05) is 12.1 Å². The van der Waals surface area contributed by atoms with E-state index in [0.29, 0.717) is 32.7 Å². The highest BCUT2D eigenvalue weighted by Gasteiger charge is 2.52. The van der Waals surface area contributed by atoms with Crippen molar-refractivity contribution in [2.45, 2.75) is 24.6 Å². The zero-order valence-corrected chi connectivity index (χ0v) is 15.4. The van der Waals surface area contributed by atoms with Crippen molar-refractivity contribution in [3.05, 3.63) is 48.3 Å². The van der Waals surface area contributed by atoms with E-state index < -0.39 is 17.9 Å². The molecule has 0 unspecified atom stereocenters. The maximum absolute atomic E-state index is 13.4. The Kier molecular flexibility index (Phi) is 4.89. The molecule has 3 atom stereocenters. The Bertz CT molecular complexity index is 829. The third kappa shape index (κ3) is 3.17. The Morgan fingerprint density at radius 3 is 2.71 bits per heavy atom. The second kappa shape index (κ2) is 7.35. The van der Waals surface area contributed by atoms with Gasteiger partial charge in [0.05, 0.1) is 19.3 Å². The summed E-state index contributed by atoms with van der Waals surface area (Å²) >= 11 is 0. The number of rotatable bonds is 4. The van der Waals surface area contributed by atoms with E-state index in [9.17, 15) is 18.8 Å². The first-order valence-corrected chi connectivity index (χ1v) is 9.38. The number of amides is 3. The molecular formula is C20H22FN3O4. The fourth-order valence-electron chi connectivity index (χ4n) is 4.23. The normalized spacial score (nSPS) is 26.9. The van der Waals surface area contributed by atoms with Gasteiger partial charge in [0.15, 0.2) is 0 Å². The quantitative estimate of drug-likeness (QED) is 0.712. The number of hydrogen-bond donors (Lipinski definition) is 0. The van der Waals surface area contributed by atoms with Crippen LogP contribution in [0.5, 0.6) is 0 Å². The van der Waals surface area contributed by atoms with Crippen LogP contribution in [0.3, 0.4) is 0 Å². The molecule has 3 aliphatic heterocycles. The van der Waals surface area contributed by atoms with Crippen LogP contribution in [0.2, 0.25) is 0 Å². The molecule has 3 saturated heterocycles. The van der Waals surface area contributed by atoms with Gasteiger partial charge < -0.3 is 19.4 Å². The molecule has 0 saturated carbocycles. The van der Waals surface area contributed by atoms with Gasteiger partial charge in [0.1, 0.15) is 17.9 Å². The van der Waals surface area contributed by atoms with Crippen molar-refractivity contribution in [2.24, 2.45) is 0 Å². The summed E-state index contributed by atoms with van der Waals surface area (Å²) in [7, 11) is 0. The summed E-state index contributed by atoms with van der Waals surface area (Å²) in [6.45, 7) is 5.07. The second-order valence-electron chi connectivity index (χ2n) is 7.30. The van der Waals surface area contributed by atoms with Crippen LogP contribution in [-0.4, -0.2) is 83.4 Å². The number of ether oxygens (including phenoxy) is 1. The average molecular weight is 387 g/mol. The van der Waals surface area contributed by atoms with Crippen LogP contribution >= 0.6 is 0 Å². The molecule has 3 heterocycles. The number of fused-ring (bicyclic) bond motifs is 2. The van der Waals surface area contributed by atoms with E-state index in [1.54, 1.807) is 21.9 Å². The summed E-state index contributed by atoms with van der Waals surface area (Å²) < 4.78 is 19.1. The lowest BCUT2D eigenvalue weighted by molar-refractivity contribution is -0.162. The molecule has 3 amide bonds. The molecule has 3 aliphatic rings. The van der Waals surface area contributed by atoms with E-state index in [1.807, 2.05) is 0 Å². The number of carbonyl (C=O) groups is 3. The Morgan fingerprint density at radius 1 is 1.18 bits per heavy atom. The van der Waals surface area contributed by atoms with Crippen LogP contribution < -0.4 is 0 Å². The number of carbonyl (C=O) groups excluding carboxylic acids is 3. The van der Waals surface area contributed by atoms with Gasteiger partial charge in [0, 0.05) is 31.6 Å². The highest BCUT2D eigenvalue weighted by Crippen LogP contribution is 2.30. The van der Waals surface area contributed by atoms with E-state index in [1.165, 1.54) is 23.1 Å². The van der Waals surface area contributed by atoms with Gasteiger partial charge in [0.25, 0.3) is 5.91 Å². The predicted molar refractivity (Wildman–Crippen MR) is 97.9 cm³/mol. The minimum atomic E-state index is -0.701. The smallest absolute Gasteiger partial charge is 0.254 e. The maximum Gasteiger partial charge on any atom is 0.254 e. The van der Waals surface area contributed by atoms with E-state index in [2.05, 4.69) is 6.58 Å². The molecule has 28 heavy (non-hydrogen) atoms. The van der Waals surface area contributed by atoms with E-state index in [4.69, 9.17) is 4.74 Å². The van der Waals surface area contributed by atoms with Crippen molar-refractivity contribution in [3.63, 3.8) is 0 Å². The van der Waals surface area contributed by atoms with Gasteiger partial charge in [-0.2, -0.15) is 0 Å². The minimum Gasteiger partial charge on any atom is -0.372 e. The molecule has 0 N–H and O–H groups in total. The van der Waals surface area contributed by atoms with Gasteiger partial charge in [-0.25, -0.2) is 4.39 Å². The van der Waals surface area contributed by atoms with Gasteiger partial charge in [-0.3, -0.25) is 14.4 Å². The van der Waals surface area contributed by atoms with Gasteiger partial charge in [0.2, 0.25) is 11.8 Å². The molecular weight excluding hydrogens is 365 g/mol. The fraction of sp³-hybridized carbons (Fsp3) is 0.450. The third-order valence-electron chi connectivity index (χ3n) is 5.59. The molecule has 148 valence electrons. The molecule has 8 heteroatoms. The Balaban J connectivity index is 1.49. The van der Waals surface area contributed by atoms with Crippen LogP contribution in [-0.2, 0) is 14.3 Å². The summed E-state index contributed by atoms with van der Waals surface area (Å²) in [5.74, 6) is -1.08. The highest BCUT2D eigenvalue weighted by atomic mass is 19.1. The molecule has 1 aromatic rings. The van der Waals surface area contributed by atoms with Crippen molar-refractivity contribution in [1.82, 2.24) is 14.7 Å². The van der Waals surface area contributed by atoms with Crippen LogP contribution in [0, 0.1) is 5.82 Å². The summed E-state index contributed by atoms with van der Waals surface area (Å²) in [6, 6.07) is 4.28. The number of piperazine rings is 2. The Morgan fingerprint density at radius 2 is 1.96 bits per heavy atom. The zero-order valence-electron chi connectivity index (χ0n) is 15.4. The van der Waals surface area contributed by atoms with Gasteiger partial charge in [-0.05, 0) is 18.2 Å². The average Bonchev–Trinajstić information content (AvgIpc) is 3.14. The number of hydrogen-bond acceptors (Lipinski definition) is 4. The van der Waals surface area contributed by atoms with Gasteiger partial charge >= 0.3 is 0 Å². The molecule has 0 bridgehead atoms. The summed E-state index contributed by atoms with van der Waals surface area (Å²) in [5.41, 5.74) is 0.236. The summed E-state index contributed by atoms with van der Waals surface area (Å²) in [4.78, 5) is 43.3. The number of benzene rings is 1. The first-order valence-electron chi connectivity index (χ1n) is 9.38. The van der Waals surface area contributed by atoms with E-state index in [-0.39, 0.29) is 35.9 Å². The van der Waals surface area contributed by atoms with Crippen LogP contribution in [0.1, 0.15) is 16.8 Å². The lowest BCUT2D eigenvalue weighted by Crippen LogP contribution is -2.69. The van der Waals surface area contributed by atoms with Crippen molar-refractivity contribution in [1.29, 1.82) is 0 Å². The molecule has 0 aliphatic carbocycles. The molecule has 3 fully saturated rings. The zero-order chi connectivity index (χ0) is 19.8. The lowest BCUT2D eigenvalue weighted by Gasteiger charge is -2.47. The van der Waals surface area contributed by atoms with Crippen molar-refractivity contribution >= 4 is 17.7 Å². The van der Waals surface area contributed by atoms with Crippen molar-refractivity contribution in [2.75, 3.05) is 32.8 Å². The second-order valence-corrected chi connectivity index (χ2v) is 7.30.